The molecule has 2 heterocycles. The van der Waals surface area contributed by atoms with Crippen LogP contribution in [-0.2, 0) is 0 Å². The fraction of sp³-hybridized carbons (Fsp3) is 0.333. The van der Waals surface area contributed by atoms with E-state index in [4.69, 9.17) is 10.1 Å². The highest BCUT2D eigenvalue weighted by Gasteiger charge is 2.21. The molecule has 0 saturated heterocycles. The Morgan fingerprint density at radius 2 is 2.00 bits per heavy atom. The monoisotopic (exact) mass is 394 g/mol. The molecule has 1 saturated carbocycles. The van der Waals surface area contributed by atoms with Crippen LogP contribution in [0.15, 0.2) is 36.5 Å². The van der Waals surface area contributed by atoms with E-state index in [1.807, 2.05) is 13.0 Å². The van der Waals surface area contributed by atoms with E-state index < -0.39 is 5.97 Å². The maximum Gasteiger partial charge on any atom is 0.335 e. The summed E-state index contributed by atoms with van der Waals surface area (Å²) in [5.41, 5.74) is 2.70. The van der Waals surface area contributed by atoms with Crippen molar-refractivity contribution in [1.82, 2.24) is 15.0 Å². The van der Waals surface area contributed by atoms with Crippen molar-refractivity contribution in [3.8, 4) is 10.6 Å². The van der Waals surface area contributed by atoms with Crippen molar-refractivity contribution in [3.05, 3.63) is 52.8 Å². The van der Waals surface area contributed by atoms with Gasteiger partial charge in [0.15, 0.2) is 0 Å². The van der Waals surface area contributed by atoms with Gasteiger partial charge in [0, 0.05) is 17.8 Å². The molecular weight excluding hydrogens is 372 g/mol. The molecule has 4 rings (SSSR count). The van der Waals surface area contributed by atoms with Gasteiger partial charge >= 0.3 is 5.97 Å². The Balaban J connectivity index is 1.58. The lowest BCUT2D eigenvalue weighted by Crippen LogP contribution is -2.03. The lowest BCUT2D eigenvalue weighted by Gasteiger charge is -2.18. The van der Waals surface area contributed by atoms with Crippen molar-refractivity contribution >= 4 is 28.9 Å². The quantitative estimate of drug-likeness (QED) is 0.602. The van der Waals surface area contributed by atoms with Gasteiger partial charge in [-0.25, -0.2) is 19.7 Å². The Labute approximate surface area is 167 Å². The van der Waals surface area contributed by atoms with E-state index in [0.717, 1.165) is 16.3 Å². The molecule has 0 amide bonds. The molecule has 0 spiro atoms. The zero-order valence-electron chi connectivity index (χ0n) is 15.7. The predicted octanol–water partition coefficient (Wildman–Crippen LogP) is 5.40. The van der Waals surface area contributed by atoms with Gasteiger partial charge in [-0.1, -0.05) is 25.3 Å². The molecule has 28 heavy (non-hydrogen) atoms. The minimum atomic E-state index is -0.964. The molecule has 7 heteroatoms. The number of aryl methyl sites for hydroxylation is 1. The Kier molecular flexibility index (Phi) is 5.34. The third-order valence-electron chi connectivity index (χ3n) is 5.02. The first kappa shape index (κ1) is 18.6. The molecule has 1 fully saturated rings. The van der Waals surface area contributed by atoms with Crippen molar-refractivity contribution in [3.63, 3.8) is 0 Å². The highest BCUT2D eigenvalue weighted by molar-refractivity contribution is 7.15. The molecule has 0 bridgehead atoms. The number of carboxylic acids is 1. The number of hydrogen-bond acceptors (Lipinski definition) is 6. The first-order chi connectivity index (χ1) is 13.6. The van der Waals surface area contributed by atoms with E-state index in [-0.39, 0.29) is 5.56 Å². The van der Waals surface area contributed by atoms with Gasteiger partial charge in [0.2, 0.25) is 5.95 Å². The Bertz CT molecular complexity index is 996. The highest BCUT2D eigenvalue weighted by atomic mass is 32.1. The Hall–Kier alpha value is -2.80. The summed E-state index contributed by atoms with van der Waals surface area (Å²) in [7, 11) is 0. The van der Waals surface area contributed by atoms with Gasteiger partial charge in [-0.3, -0.25) is 0 Å². The molecule has 0 aliphatic heterocycles. The summed E-state index contributed by atoms with van der Waals surface area (Å²) in [6.07, 6.45) is 8.07. The van der Waals surface area contributed by atoms with E-state index in [1.165, 1.54) is 37.1 Å². The molecule has 1 aromatic carbocycles. The Morgan fingerprint density at radius 3 is 2.79 bits per heavy atom. The topological polar surface area (TPSA) is 88.0 Å². The zero-order valence-corrected chi connectivity index (χ0v) is 16.5. The summed E-state index contributed by atoms with van der Waals surface area (Å²) in [6.45, 7) is 2.03. The fourth-order valence-corrected chi connectivity index (χ4v) is 4.79. The minimum absolute atomic E-state index is 0.219. The number of carbonyl (C=O) groups is 1. The number of anilines is 2. The molecule has 0 unspecified atom stereocenters. The van der Waals surface area contributed by atoms with E-state index in [9.17, 15) is 4.79 Å². The van der Waals surface area contributed by atoms with Crippen LogP contribution in [0, 0.1) is 6.92 Å². The summed E-state index contributed by atoms with van der Waals surface area (Å²) in [4.78, 5) is 26.0. The van der Waals surface area contributed by atoms with Gasteiger partial charge < -0.3 is 10.4 Å². The summed E-state index contributed by atoms with van der Waals surface area (Å²) in [6, 6.07) is 8.50. The van der Waals surface area contributed by atoms with Crippen LogP contribution in [-0.4, -0.2) is 26.0 Å². The first-order valence-electron chi connectivity index (χ1n) is 9.51. The van der Waals surface area contributed by atoms with Gasteiger partial charge in [0.25, 0.3) is 0 Å². The number of aromatic carboxylic acids is 1. The molecule has 0 atom stereocenters. The van der Waals surface area contributed by atoms with Gasteiger partial charge in [-0.2, -0.15) is 0 Å². The lowest BCUT2D eigenvalue weighted by atomic mass is 9.90. The van der Waals surface area contributed by atoms with Crippen molar-refractivity contribution in [2.45, 2.75) is 44.9 Å². The standard InChI is InChI=1S/C21H22N4O2S/c1-13-18(28-19(23-13)14-6-3-2-4-7-14)17-10-11-22-21(25-17)24-16-9-5-8-15(12-16)20(26)27/h5,8-12,14H,2-4,6-7H2,1H3,(H,26,27)(H,22,24,25). The van der Waals surface area contributed by atoms with Crippen LogP contribution in [0.5, 0.6) is 0 Å². The predicted molar refractivity (Wildman–Crippen MR) is 110 cm³/mol. The minimum Gasteiger partial charge on any atom is -0.478 e. The molecule has 2 N–H and O–H groups in total. The van der Waals surface area contributed by atoms with E-state index in [1.54, 1.807) is 41.8 Å². The van der Waals surface area contributed by atoms with Crippen LogP contribution < -0.4 is 5.32 Å². The molecule has 0 radical (unpaired) electrons. The summed E-state index contributed by atoms with van der Waals surface area (Å²) < 4.78 is 0. The number of rotatable bonds is 5. The summed E-state index contributed by atoms with van der Waals surface area (Å²) >= 11 is 1.73. The van der Waals surface area contributed by atoms with Gasteiger partial charge in [0.1, 0.15) is 0 Å². The van der Waals surface area contributed by atoms with Gasteiger partial charge in [0.05, 0.1) is 26.8 Å². The lowest BCUT2D eigenvalue weighted by molar-refractivity contribution is 0.0697. The van der Waals surface area contributed by atoms with Gasteiger partial charge in [-0.15, -0.1) is 11.3 Å². The third kappa shape index (κ3) is 4.04. The van der Waals surface area contributed by atoms with Crippen molar-refractivity contribution < 1.29 is 9.90 Å². The second kappa shape index (κ2) is 8.06. The maximum absolute atomic E-state index is 11.2. The summed E-state index contributed by atoms with van der Waals surface area (Å²) in [5.74, 6) is 0.0466. The van der Waals surface area contributed by atoms with Gasteiger partial charge in [-0.05, 0) is 44.0 Å². The molecular formula is C21H22N4O2S. The number of nitrogens with one attached hydrogen (secondary N) is 1. The fourth-order valence-electron chi connectivity index (χ4n) is 3.58. The van der Waals surface area contributed by atoms with E-state index in [2.05, 4.69) is 15.3 Å². The molecule has 2 aromatic heterocycles. The number of hydrogen-bond donors (Lipinski definition) is 2. The first-order valence-corrected chi connectivity index (χ1v) is 10.3. The second-order valence-electron chi connectivity index (χ2n) is 7.08. The SMILES string of the molecule is Cc1nc(C2CCCCC2)sc1-c1ccnc(Nc2cccc(C(=O)O)c2)n1. The number of nitrogens with zero attached hydrogens (tertiary/aromatic N) is 3. The molecule has 1 aliphatic carbocycles. The smallest absolute Gasteiger partial charge is 0.335 e. The maximum atomic E-state index is 11.2. The van der Waals surface area contributed by atoms with Crippen LogP contribution in [0.1, 0.15) is 59.1 Å². The molecule has 3 aromatic rings. The molecule has 6 nitrogen and oxygen atoms in total. The second-order valence-corrected chi connectivity index (χ2v) is 8.11. The van der Waals surface area contributed by atoms with Crippen molar-refractivity contribution in [2.75, 3.05) is 5.32 Å². The number of carboxylic acid groups (broad SMARTS) is 1. The molecule has 144 valence electrons. The average molecular weight is 395 g/mol. The van der Waals surface area contributed by atoms with Crippen molar-refractivity contribution in [1.29, 1.82) is 0 Å². The third-order valence-corrected chi connectivity index (χ3v) is 6.36. The highest BCUT2D eigenvalue weighted by Crippen LogP contribution is 2.38. The Morgan fingerprint density at radius 1 is 1.18 bits per heavy atom. The van der Waals surface area contributed by atoms with Crippen LogP contribution in [0.2, 0.25) is 0 Å². The van der Waals surface area contributed by atoms with Crippen LogP contribution in [0.3, 0.4) is 0 Å². The van der Waals surface area contributed by atoms with E-state index >= 15 is 0 Å². The zero-order chi connectivity index (χ0) is 19.5. The largest absolute Gasteiger partial charge is 0.478 e. The van der Waals surface area contributed by atoms with E-state index in [0.29, 0.717) is 17.6 Å². The molecule has 1 aliphatic rings. The van der Waals surface area contributed by atoms with Crippen LogP contribution in [0.25, 0.3) is 10.6 Å². The number of aromatic nitrogens is 3. The summed E-state index contributed by atoms with van der Waals surface area (Å²) in [5, 5.41) is 13.5. The van der Waals surface area contributed by atoms with Crippen LogP contribution >= 0.6 is 11.3 Å². The number of benzene rings is 1. The normalized spacial score (nSPS) is 14.8. The average Bonchev–Trinajstić information content (AvgIpc) is 3.11. The van der Waals surface area contributed by atoms with Crippen LogP contribution in [0.4, 0.5) is 11.6 Å². The van der Waals surface area contributed by atoms with Crippen molar-refractivity contribution in [2.24, 2.45) is 0 Å². The number of thiazole rings is 1.